The van der Waals surface area contributed by atoms with Gasteiger partial charge in [0.25, 0.3) is 0 Å². The van der Waals surface area contributed by atoms with Gasteiger partial charge < -0.3 is 44.0 Å². The number of thiol groups is 1. The summed E-state index contributed by atoms with van der Waals surface area (Å²) in [5.41, 5.74) is 23.0. The molecule has 0 saturated heterocycles. The average molecular weight is 553 g/mol. The summed E-state index contributed by atoms with van der Waals surface area (Å²) in [7, 11) is 0. The van der Waals surface area contributed by atoms with Gasteiger partial charge in [0.1, 0.15) is 18.1 Å². The number of guanidine groups is 1. The Hall–Kier alpha value is -3.36. The lowest BCUT2D eigenvalue weighted by molar-refractivity contribution is -0.142. The molecule has 0 radical (unpaired) electrons. The lowest BCUT2D eigenvalue weighted by atomic mass is 10.0. The van der Waals surface area contributed by atoms with Gasteiger partial charge in [-0.2, -0.15) is 12.6 Å². The average Bonchev–Trinajstić information content (AvgIpc) is 2.88. The number of nitrogens with two attached hydrogens (primary N) is 4. The fourth-order valence-corrected chi connectivity index (χ4v) is 3.76. The number of aliphatic carboxylic acids is 1. The van der Waals surface area contributed by atoms with Gasteiger partial charge in [-0.05, 0) is 50.6 Å². The molecule has 13 nitrogen and oxygen atoms in total. The number of nitrogens with zero attached hydrogens (tertiary/aromatic N) is 1. The Balaban J connectivity index is 2.81. The van der Waals surface area contributed by atoms with Gasteiger partial charge in [0.15, 0.2) is 5.96 Å². The molecule has 0 aromatic heterocycles. The second-order valence-electron chi connectivity index (χ2n) is 8.73. The zero-order chi connectivity index (χ0) is 28.5. The summed E-state index contributed by atoms with van der Waals surface area (Å²) in [5, 5.41) is 17.1. The number of carboxylic acid groups (broad SMARTS) is 1. The van der Waals surface area contributed by atoms with E-state index in [1.807, 2.05) is 30.3 Å². The van der Waals surface area contributed by atoms with E-state index in [9.17, 15) is 24.3 Å². The highest BCUT2D eigenvalue weighted by Crippen LogP contribution is 2.06. The van der Waals surface area contributed by atoms with Crippen LogP contribution in [0.15, 0.2) is 35.3 Å². The molecule has 0 aliphatic carbocycles. The van der Waals surface area contributed by atoms with Gasteiger partial charge >= 0.3 is 5.97 Å². The van der Waals surface area contributed by atoms with Crippen molar-refractivity contribution >= 4 is 42.3 Å². The molecule has 1 rings (SSSR count). The minimum absolute atomic E-state index is 0.0716. The molecule has 0 aliphatic rings. The molecule has 38 heavy (non-hydrogen) atoms. The molecule has 14 heteroatoms. The van der Waals surface area contributed by atoms with Crippen LogP contribution in [0.2, 0.25) is 0 Å². The quantitative estimate of drug-likeness (QED) is 0.0431. The van der Waals surface area contributed by atoms with E-state index in [4.69, 9.17) is 22.9 Å². The Labute approximate surface area is 228 Å². The molecule has 4 unspecified atom stereocenters. The minimum atomic E-state index is -1.24. The lowest BCUT2D eigenvalue weighted by Gasteiger charge is -2.24. The van der Waals surface area contributed by atoms with E-state index >= 15 is 0 Å². The second kappa shape index (κ2) is 18.0. The van der Waals surface area contributed by atoms with Gasteiger partial charge in [0, 0.05) is 12.3 Å². The summed E-state index contributed by atoms with van der Waals surface area (Å²) in [6.45, 7) is 0.614. The molecule has 0 spiro atoms. The number of benzene rings is 1. The van der Waals surface area contributed by atoms with Crippen LogP contribution in [-0.2, 0) is 25.6 Å². The smallest absolute Gasteiger partial charge is 0.326 e. The van der Waals surface area contributed by atoms with Crippen LogP contribution < -0.4 is 38.9 Å². The SMILES string of the molecule is NCCCCC(NC(=O)C(N)Cc1ccccc1)C(=O)NC(CS)C(=O)NC(CCCN=C(N)N)C(=O)O. The number of rotatable bonds is 18. The minimum Gasteiger partial charge on any atom is -0.480 e. The third-order valence-corrected chi connectivity index (χ3v) is 5.96. The van der Waals surface area contributed by atoms with Crippen LogP contribution in [0.5, 0.6) is 0 Å². The fraction of sp³-hybridized carbons (Fsp3) is 0.542. The lowest BCUT2D eigenvalue weighted by Crippen LogP contribution is -2.57. The summed E-state index contributed by atoms with van der Waals surface area (Å²) in [4.78, 5) is 53.9. The molecule has 0 aliphatic heterocycles. The van der Waals surface area contributed by atoms with E-state index in [1.54, 1.807) is 0 Å². The van der Waals surface area contributed by atoms with E-state index < -0.39 is 47.9 Å². The standard InChI is InChI=1S/C24H40N8O5S/c25-11-5-4-9-17(30-20(33)16(26)13-15-7-2-1-3-8-15)21(34)32-19(14-38)22(35)31-18(23(36)37)10-6-12-29-24(27)28/h1-3,7-8,16-19,38H,4-6,9-14,25-26H2,(H,30,33)(H,31,35)(H,32,34)(H,36,37)(H4,27,28,29). The van der Waals surface area contributed by atoms with Crippen LogP contribution in [0.1, 0.15) is 37.7 Å². The van der Waals surface area contributed by atoms with Crippen LogP contribution in [0.3, 0.4) is 0 Å². The molecular formula is C24H40N8O5S. The van der Waals surface area contributed by atoms with Crippen molar-refractivity contribution in [3.8, 4) is 0 Å². The van der Waals surface area contributed by atoms with Crippen molar-refractivity contribution < 1.29 is 24.3 Å². The van der Waals surface area contributed by atoms with Gasteiger partial charge in [0.05, 0.1) is 6.04 Å². The normalized spacial score (nSPS) is 13.9. The monoisotopic (exact) mass is 552 g/mol. The van der Waals surface area contributed by atoms with Crippen molar-refractivity contribution in [2.75, 3.05) is 18.8 Å². The van der Waals surface area contributed by atoms with Crippen molar-refractivity contribution in [3.05, 3.63) is 35.9 Å². The summed E-state index contributed by atoms with van der Waals surface area (Å²) in [6.07, 6.45) is 2.12. The topological polar surface area (TPSA) is 241 Å². The Kier molecular flexibility index (Phi) is 15.5. The number of hydrogen-bond acceptors (Lipinski definition) is 8. The molecule has 0 fully saturated rings. The molecular weight excluding hydrogens is 512 g/mol. The Morgan fingerprint density at radius 2 is 1.45 bits per heavy atom. The molecule has 12 N–H and O–H groups in total. The Morgan fingerprint density at radius 1 is 0.868 bits per heavy atom. The number of carbonyl (C=O) groups is 4. The summed E-state index contributed by atoms with van der Waals surface area (Å²) in [6, 6.07) is 5.01. The van der Waals surface area contributed by atoms with Crippen molar-refractivity contribution in [3.63, 3.8) is 0 Å². The van der Waals surface area contributed by atoms with Gasteiger partial charge in [0.2, 0.25) is 17.7 Å². The predicted octanol–water partition coefficient (Wildman–Crippen LogP) is -1.79. The number of hydrogen-bond donors (Lipinski definition) is 9. The van der Waals surface area contributed by atoms with E-state index in [-0.39, 0.29) is 37.5 Å². The van der Waals surface area contributed by atoms with Gasteiger partial charge in [-0.25, -0.2) is 4.79 Å². The van der Waals surface area contributed by atoms with E-state index in [0.717, 1.165) is 5.56 Å². The first-order valence-electron chi connectivity index (χ1n) is 12.4. The number of nitrogens with one attached hydrogen (secondary N) is 3. The molecule has 3 amide bonds. The van der Waals surface area contributed by atoms with Gasteiger partial charge in [-0.15, -0.1) is 0 Å². The van der Waals surface area contributed by atoms with Gasteiger partial charge in [-0.3, -0.25) is 19.4 Å². The van der Waals surface area contributed by atoms with Crippen molar-refractivity contribution in [2.24, 2.45) is 27.9 Å². The zero-order valence-electron chi connectivity index (χ0n) is 21.3. The van der Waals surface area contributed by atoms with Gasteiger partial charge in [-0.1, -0.05) is 30.3 Å². The third-order valence-electron chi connectivity index (χ3n) is 5.59. The number of carboxylic acids is 1. The van der Waals surface area contributed by atoms with Crippen molar-refractivity contribution in [2.45, 2.75) is 62.7 Å². The maximum Gasteiger partial charge on any atom is 0.326 e. The first-order chi connectivity index (χ1) is 18.1. The van der Waals surface area contributed by atoms with Crippen molar-refractivity contribution in [1.29, 1.82) is 0 Å². The zero-order valence-corrected chi connectivity index (χ0v) is 22.2. The highest BCUT2D eigenvalue weighted by atomic mass is 32.1. The highest BCUT2D eigenvalue weighted by molar-refractivity contribution is 7.80. The second-order valence-corrected chi connectivity index (χ2v) is 9.10. The molecule has 0 bridgehead atoms. The molecule has 212 valence electrons. The van der Waals surface area contributed by atoms with Crippen LogP contribution >= 0.6 is 12.6 Å². The maximum absolute atomic E-state index is 13.1. The van der Waals surface area contributed by atoms with Crippen LogP contribution in [-0.4, -0.2) is 77.8 Å². The third kappa shape index (κ3) is 12.7. The first-order valence-corrected chi connectivity index (χ1v) is 13.0. The van der Waals surface area contributed by atoms with E-state index in [2.05, 4.69) is 33.6 Å². The molecule has 1 aromatic carbocycles. The van der Waals surface area contributed by atoms with Crippen molar-refractivity contribution in [1.82, 2.24) is 16.0 Å². The first kappa shape index (κ1) is 32.7. The number of amides is 3. The van der Waals surface area contributed by atoms with Crippen LogP contribution in [0.25, 0.3) is 0 Å². The summed E-state index contributed by atoms with van der Waals surface area (Å²) in [5.74, 6) is -3.32. The molecule has 0 heterocycles. The number of aliphatic imine (C=N–C) groups is 1. The molecule has 1 aromatic rings. The summed E-state index contributed by atoms with van der Waals surface area (Å²) < 4.78 is 0. The molecule has 0 saturated carbocycles. The van der Waals surface area contributed by atoms with Crippen LogP contribution in [0, 0.1) is 0 Å². The predicted molar refractivity (Wildman–Crippen MR) is 148 cm³/mol. The fourth-order valence-electron chi connectivity index (χ4n) is 3.50. The maximum atomic E-state index is 13.1. The highest BCUT2D eigenvalue weighted by Gasteiger charge is 2.29. The molecule has 4 atom stereocenters. The van der Waals surface area contributed by atoms with E-state index in [1.165, 1.54) is 0 Å². The largest absolute Gasteiger partial charge is 0.480 e. The van der Waals surface area contributed by atoms with Crippen LogP contribution in [0.4, 0.5) is 0 Å². The Morgan fingerprint density at radius 3 is 2.03 bits per heavy atom. The summed E-state index contributed by atoms with van der Waals surface area (Å²) >= 11 is 4.13. The number of carbonyl (C=O) groups excluding carboxylic acids is 3. The Bertz CT molecular complexity index is 930. The van der Waals surface area contributed by atoms with E-state index in [0.29, 0.717) is 25.8 Å². The number of unbranched alkanes of at least 4 members (excludes halogenated alkanes) is 1.